The summed E-state index contributed by atoms with van der Waals surface area (Å²) in [6.07, 6.45) is 3.50. The van der Waals surface area contributed by atoms with Gasteiger partial charge in [0, 0.05) is 13.1 Å². The van der Waals surface area contributed by atoms with E-state index in [0.717, 1.165) is 19.3 Å². The SMILES string of the molecule is CC[C@@H](NC(=O)N1CCC(C)(CC)CC1)C(=O)O. The minimum Gasteiger partial charge on any atom is -0.480 e. The Morgan fingerprint density at radius 3 is 2.28 bits per heavy atom. The molecule has 18 heavy (non-hydrogen) atoms. The van der Waals surface area contributed by atoms with Crippen LogP contribution in [0.2, 0.25) is 0 Å². The van der Waals surface area contributed by atoms with Crippen LogP contribution in [0.5, 0.6) is 0 Å². The van der Waals surface area contributed by atoms with E-state index in [1.54, 1.807) is 11.8 Å². The van der Waals surface area contributed by atoms with Gasteiger partial charge in [-0.05, 0) is 24.7 Å². The minimum atomic E-state index is -0.971. The van der Waals surface area contributed by atoms with Crippen molar-refractivity contribution in [2.75, 3.05) is 13.1 Å². The summed E-state index contributed by atoms with van der Waals surface area (Å²) in [5.41, 5.74) is 0.327. The number of rotatable bonds is 4. The molecule has 0 unspecified atom stereocenters. The molecule has 0 aliphatic carbocycles. The van der Waals surface area contributed by atoms with Crippen molar-refractivity contribution in [1.29, 1.82) is 0 Å². The van der Waals surface area contributed by atoms with Crippen molar-refractivity contribution in [3.8, 4) is 0 Å². The smallest absolute Gasteiger partial charge is 0.326 e. The molecule has 0 aromatic rings. The summed E-state index contributed by atoms with van der Waals surface area (Å²) >= 11 is 0. The van der Waals surface area contributed by atoms with Crippen LogP contribution in [-0.4, -0.2) is 41.1 Å². The molecule has 1 saturated heterocycles. The normalized spacial score (nSPS) is 20.3. The maximum absolute atomic E-state index is 11.9. The molecule has 0 aromatic carbocycles. The van der Waals surface area contributed by atoms with E-state index in [4.69, 9.17) is 5.11 Å². The number of amides is 2. The highest BCUT2D eigenvalue weighted by Crippen LogP contribution is 2.33. The van der Waals surface area contributed by atoms with Gasteiger partial charge in [0.15, 0.2) is 0 Å². The fourth-order valence-electron chi connectivity index (χ4n) is 2.18. The van der Waals surface area contributed by atoms with Gasteiger partial charge in [0.25, 0.3) is 0 Å². The second kappa shape index (κ2) is 6.07. The summed E-state index contributed by atoms with van der Waals surface area (Å²) < 4.78 is 0. The number of carboxylic acids is 1. The number of aliphatic carboxylic acids is 1. The van der Waals surface area contributed by atoms with Crippen LogP contribution in [0.1, 0.15) is 46.5 Å². The average molecular weight is 256 g/mol. The number of nitrogens with one attached hydrogen (secondary N) is 1. The molecule has 0 spiro atoms. The molecule has 2 amide bonds. The third-order valence-electron chi connectivity index (χ3n) is 4.12. The molecule has 0 aromatic heterocycles. The van der Waals surface area contributed by atoms with E-state index in [0.29, 0.717) is 24.9 Å². The Morgan fingerprint density at radius 1 is 1.33 bits per heavy atom. The highest BCUT2D eigenvalue weighted by Gasteiger charge is 2.31. The van der Waals surface area contributed by atoms with Crippen molar-refractivity contribution in [2.24, 2.45) is 5.41 Å². The lowest BCUT2D eigenvalue weighted by Crippen LogP contribution is -2.51. The van der Waals surface area contributed by atoms with Gasteiger partial charge in [0.05, 0.1) is 0 Å². The van der Waals surface area contributed by atoms with Crippen molar-refractivity contribution in [3.05, 3.63) is 0 Å². The minimum absolute atomic E-state index is 0.248. The first kappa shape index (κ1) is 14.8. The number of piperidine rings is 1. The lowest BCUT2D eigenvalue weighted by atomic mass is 9.78. The number of likely N-dealkylation sites (tertiary alicyclic amines) is 1. The summed E-state index contributed by atoms with van der Waals surface area (Å²) in [6, 6.07) is -1.03. The van der Waals surface area contributed by atoms with Gasteiger partial charge >= 0.3 is 12.0 Å². The van der Waals surface area contributed by atoms with Gasteiger partial charge in [0.2, 0.25) is 0 Å². The average Bonchev–Trinajstić information content (AvgIpc) is 2.36. The van der Waals surface area contributed by atoms with Gasteiger partial charge in [-0.25, -0.2) is 9.59 Å². The second-order valence-corrected chi connectivity index (χ2v) is 5.40. The number of carbonyl (C=O) groups is 2. The van der Waals surface area contributed by atoms with Crippen LogP contribution < -0.4 is 5.32 Å². The van der Waals surface area contributed by atoms with Gasteiger partial charge in [0.1, 0.15) is 6.04 Å². The summed E-state index contributed by atoms with van der Waals surface area (Å²) in [5.74, 6) is -0.971. The molecule has 1 aliphatic heterocycles. The van der Waals surface area contributed by atoms with Crippen molar-refractivity contribution >= 4 is 12.0 Å². The first-order valence-electron chi connectivity index (χ1n) is 6.70. The Labute approximate surface area is 109 Å². The molecule has 1 aliphatic rings. The molecular weight excluding hydrogens is 232 g/mol. The quantitative estimate of drug-likeness (QED) is 0.809. The Balaban J connectivity index is 2.47. The van der Waals surface area contributed by atoms with E-state index in [1.807, 2.05) is 0 Å². The zero-order chi connectivity index (χ0) is 13.8. The third-order valence-corrected chi connectivity index (χ3v) is 4.12. The molecule has 1 atom stereocenters. The number of carbonyl (C=O) groups excluding carboxylic acids is 1. The van der Waals surface area contributed by atoms with Gasteiger partial charge in [-0.2, -0.15) is 0 Å². The Kier molecular flexibility index (Phi) is 4.99. The molecule has 0 bridgehead atoms. The van der Waals surface area contributed by atoms with E-state index in [2.05, 4.69) is 19.2 Å². The molecule has 2 N–H and O–H groups in total. The van der Waals surface area contributed by atoms with Crippen LogP contribution in [0.3, 0.4) is 0 Å². The monoisotopic (exact) mass is 256 g/mol. The zero-order valence-electron chi connectivity index (χ0n) is 11.5. The predicted octanol–water partition coefficient (Wildman–Crippen LogP) is 2.07. The summed E-state index contributed by atoms with van der Waals surface area (Å²) in [6.45, 7) is 7.60. The Hall–Kier alpha value is -1.26. The predicted molar refractivity (Wildman–Crippen MR) is 69.5 cm³/mol. The fraction of sp³-hybridized carbons (Fsp3) is 0.846. The van der Waals surface area contributed by atoms with Gasteiger partial charge in [-0.15, -0.1) is 0 Å². The topological polar surface area (TPSA) is 69.6 Å². The van der Waals surface area contributed by atoms with Crippen LogP contribution in [0, 0.1) is 5.41 Å². The number of urea groups is 1. The highest BCUT2D eigenvalue weighted by molar-refractivity contribution is 5.82. The number of nitrogens with zero attached hydrogens (tertiary/aromatic N) is 1. The number of carboxylic acid groups (broad SMARTS) is 1. The van der Waals surface area contributed by atoms with E-state index in [9.17, 15) is 9.59 Å². The third kappa shape index (κ3) is 3.62. The first-order chi connectivity index (χ1) is 8.41. The van der Waals surface area contributed by atoms with E-state index < -0.39 is 12.0 Å². The maximum Gasteiger partial charge on any atom is 0.326 e. The highest BCUT2D eigenvalue weighted by atomic mass is 16.4. The first-order valence-corrected chi connectivity index (χ1v) is 6.70. The standard InChI is InChI=1S/C13H24N2O3/c1-4-10(11(16)17)14-12(18)15-8-6-13(3,5-2)7-9-15/h10H,4-9H2,1-3H3,(H,14,18)(H,16,17)/t10-/m1/s1. The van der Waals surface area contributed by atoms with E-state index in [1.165, 1.54) is 0 Å². The van der Waals surface area contributed by atoms with Crippen molar-refractivity contribution in [3.63, 3.8) is 0 Å². The van der Waals surface area contributed by atoms with Gasteiger partial charge < -0.3 is 15.3 Å². The Morgan fingerprint density at radius 2 is 1.89 bits per heavy atom. The Bertz CT molecular complexity index is 309. The van der Waals surface area contributed by atoms with Crippen LogP contribution in [0.15, 0.2) is 0 Å². The van der Waals surface area contributed by atoms with Crippen LogP contribution in [-0.2, 0) is 4.79 Å². The molecule has 5 heteroatoms. The van der Waals surface area contributed by atoms with Gasteiger partial charge in [-0.1, -0.05) is 27.2 Å². The van der Waals surface area contributed by atoms with E-state index in [-0.39, 0.29) is 6.03 Å². The lowest BCUT2D eigenvalue weighted by molar-refractivity contribution is -0.139. The van der Waals surface area contributed by atoms with Crippen LogP contribution in [0.4, 0.5) is 4.79 Å². The lowest BCUT2D eigenvalue weighted by Gasteiger charge is -2.39. The number of hydrogen-bond acceptors (Lipinski definition) is 2. The summed E-state index contributed by atoms with van der Waals surface area (Å²) in [7, 11) is 0. The maximum atomic E-state index is 11.9. The summed E-state index contributed by atoms with van der Waals surface area (Å²) in [4.78, 5) is 24.5. The molecule has 1 heterocycles. The molecular formula is C13H24N2O3. The second-order valence-electron chi connectivity index (χ2n) is 5.40. The van der Waals surface area contributed by atoms with Crippen molar-refractivity contribution in [1.82, 2.24) is 10.2 Å². The van der Waals surface area contributed by atoms with Gasteiger partial charge in [-0.3, -0.25) is 0 Å². The molecule has 0 saturated carbocycles. The largest absolute Gasteiger partial charge is 0.480 e. The van der Waals surface area contributed by atoms with Crippen molar-refractivity contribution in [2.45, 2.75) is 52.5 Å². The van der Waals surface area contributed by atoms with Crippen LogP contribution in [0.25, 0.3) is 0 Å². The molecule has 0 radical (unpaired) electrons. The summed E-state index contributed by atoms with van der Waals surface area (Å²) in [5, 5.41) is 11.5. The molecule has 5 nitrogen and oxygen atoms in total. The zero-order valence-corrected chi connectivity index (χ0v) is 11.5. The molecule has 1 fully saturated rings. The van der Waals surface area contributed by atoms with E-state index >= 15 is 0 Å². The number of hydrogen-bond donors (Lipinski definition) is 2. The molecule has 104 valence electrons. The van der Waals surface area contributed by atoms with Crippen LogP contribution >= 0.6 is 0 Å². The van der Waals surface area contributed by atoms with Crippen molar-refractivity contribution < 1.29 is 14.7 Å². The molecule has 1 rings (SSSR count). The fourth-order valence-corrected chi connectivity index (χ4v) is 2.18.